The molecule has 0 spiro atoms. The van der Waals surface area contributed by atoms with Crippen molar-refractivity contribution in [2.75, 3.05) is 20.3 Å². The van der Waals surface area contributed by atoms with Crippen LogP contribution in [-0.4, -0.2) is 70.0 Å². The lowest BCUT2D eigenvalue weighted by atomic mass is 9.82. The zero-order valence-electron chi connectivity index (χ0n) is 22.6. The molecule has 1 saturated heterocycles. The Morgan fingerprint density at radius 3 is 2.60 bits per heavy atom. The van der Waals surface area contributed by atoms with E-state index in [-0.39, 0.29) is 42.1 Å². The predicted molar refractivity (Wildman–Crippen MR) is 134 cm³/mol. The van der Waals surface area contributed by atoms with Crippen molar-refractivity contribution in [1.82, 2.24) is 30.3 Å². The lowest BCUT2D eigenvalue weighted by Crippen LogP contribution is -2.40. The van der Waals surface area contributed by atoms with E-state index in [2.05, 4.69) is 15.4 Å². The quantitative estimate of drug-likeness (QED) is 0.363. The molecule has 1 aliphatic carbocycles. The van der Waals surface area contributed by atoms with E-state index in [0.717, 1.165) is 15.8 Å². The van der Waals surface area contributed by atoms with E-state index in [0.29, 0.717) is 5.56 Å². The molecule has 1 saturated carbocycles. The number of aromatic nitrogens is 3. The highest BCUT2D eigenvalue weighted by molar-refractivity contribution is 5.93. The molecule has 2 aromatic heterocycles. The molecule has 3 aromatic rings. The van der Waals surface area contributed by atoms with Crippen LogP contribution < -0.4 is 10.6 Å². The highest BCUT2D eigenvalue weighted by Gasteiger charge is 2.48. The predicted octanol–water partition coefficient (Wildman–Crippen LogP) is 4.64. The number of methoxy groups -OCH3 is 1. The maximum Gasteiger partial charge on any atom is 0.410 e. The van der Waals surface area contributed by atoms with Crippen LogP contribution in [-0.2, 0) is 11.8 Å². The molecule has 2 aliphatic rings. The van der Waals surface area contributed by atoms with Gasteiger partial charge in [-0.1, -0.05) is 6.07 Å². The Bertz CT molecular complexity index is 1440. The molecule has 228 valence electrons. The lowest BCUT2D eigenvalue weighted by Gasteiger charge is -2.32. The Hall–Kier alpha value is -3.82. The smallest absolute Gasteiger partial charge is 0.410 e. The molecule has 10 nitrogen and oxygen atoms in total. The van der Waals surface area contributed by atoms with Crippen LogP contribution in [0.1, 0.15) is 59.7 Å². The summed E-state index contributed by atoms with van der Waals surface area (Å²) >= 11 is 0. The van der Waals surface area contributed by atoms with Gasteiger partial charge in [-0.2, -0.15) is 18.3 Å². The second kappa shape index (κ2) is 11.1. The number of nitrogens with one attached hydrogen (secondary N) is 2. The number of benzene rings is 1. The summed E-state index contributed by atoms with van der Waals surface area (Å²) in [6.07, 6.45) is -4.51. The molecule has 0 radical (unpaired) electrons. The normalized spacial score (nSPS) is 21.0. The van der Waals surface area contributed by atoms with Gasteiger partial charge < -0.3 is 24.7 Å². The van der Waals surface area contributed by atoms with Crippen LogP contribution in [0.4, 0.5) is 31.1 Å². The van der Waals surface area contributed by atoms with Gasteiger partial charge in [0.05, 0.1) is 25.4 Å². The Labute approximate surface area is 235 Å². The van der Waals surface area contributed by atoms with Crippen molar-refractivity contribution in [1.29, 1.82) is 0 Å². The minimum absolute atomic E-state index is 0.00682. The number of urea groups is 1. The van der Waals surface area contributed by atoms with E-state index in [1.54, 1.807) is 6.07 Å². The summed E-state index contributed by atoms with van der Waals surface area (Å²) in [5, 5.41) is 8.33. The Kier molecular flexibility index (Phi) is 7.85. The van der Waals surface area contributed by atoms with Gasteiger partial charge >= 0.3 is 12.2 Å². The van der Waals surface area contributed by atoms with Crippen molar-refractivity contribution >= 4 is 23.0 Å². The minimum atomic E-state index is -4.63. The topological polar surface area (TPSA) is 115 Å². The van der Waals surface area contributed by atoms with Crippen LogP contribution in [0.15, 0.2) is 28.8 Å². The average Bonchev–Trinajstić information content (AvgIpc) is 3.61. The molecule has 3 amide bonds. The lowest BCUT2D eigenvalue weighted by molar-refractivity contribution is -0.150. The SMILES string of the molecule is COC[C@H](c1ccc2oc([C@@H](NC(=O)c3c(F)cnn3C)C3CCC(F)(F)CC3)nc2c1)N1C[C@@H](C(F)(F)F)NC1=O. The van der Waals surface area contributed by atoms with Crippen LogP contribution in [0.25, 0.3) is 11.1 Å². The molecule has 1 aromatic carbocycles. The van der Waals surface area contributed by atoms with E-state index < -0.39 is 73.3 Å². The van der Waals surface area contributed by atoms with Gasteiger partial charge in [0.1, 0.15) is 17.6 Å². The molecule has 2 N–H and O–H groups in total. The fourth-order valence-electron chi connectivity index (χ4n) is 5.49. The van der Waals surface area contributed by atoms with Gasteiger partial charge in [-0.15, -0.1) is 0 Å². The summed E-state index contributed by atoms with van der Waals surface area (Å²) < 4.78 is 94.1. The first-order chi connectivity index (χ1) is 19.8. The van der Waals surface area contributed by atoms with Gasteiger partial charge in [-0.3, -0.25) is 9.48 Å². The molecule has 3 heterocycles. The third kappa shape index (κ3) is 5.89. The average molecular weight is 603 g/mol. The fourth-order valence-corrected chi connectivity index (χ4v) is 5.49. The number of oxazole rings is 1. The molecule has 5 rings (SSSR count). The number of alkyl halides is 5. The maximum atomic E-state index is 14.3. The number of amides is 3. The molecule has 2 fully saturated rings. The molecular weight excluding hydrogens is 574 g/mol. The van der Waals surface area contributed by atoms with Crippen LogP contribution in [0.3, 0.4) is 0 Å². The van der Waals surface area contributed by atoms with Gasteiger partial charge in [-0.25, -0.2) is 22.9 Å². The zero-order valence-corrected chi connectivity index (χ0v) is 22.6. The molecule has 0 bridgehead atoms. The van der Waals surface area contributed by atoms with Crippen LogP contribution in [0.2, 0.25) is 0 Å². The second-order valence-electron chi connectivity index (χ2n) is 10.6. The first kappa shape index (κ1) is 29.7. The number of hydrogen-bond acceptors (Lipinski definition) is 6. The number of carbonyl (C=O) groups is 2. The van der Waals surface area contributed by atoms with Gasteiger partial charge in [-0.05, 0) is 36.5 Å². The maximum absolute atomic E-state index is 14.3. The third-order valence-electron chi connectivity index (χ3n) is 7.74. The number of carbonyl (C=O) groups excluding carboxylic acids is 2. The molecule has 3 atom stereocenters. The molecule has 1 aliphatic heterocycles. The van der Waals surface area contributed by atoms with Gasteiger partial charge in [0.2, 0.25) is 11.8 Å². The second-order valence-corrected chi connectivity index (χ2v) is 10.6. The van der Waals surface area contributed by atoms with Crippen LogP contribution in [0, 0.1) is 11.7 Å². The highest BCUT2D eigenvalue weighted by atomic mass is 19.4. The van der Waals surface area contributed by atoms with Crippen molar-refractivity contribution < 1.29 is 45.1 Å². The fraction of sp³-hybridized carbons (Fsp3) is 0.538. The number of ether oxygens (including phenoxy) is 1. The van der Waals surface area contributed by atoms with Gasteiger partial charge in [0.25, 0.3) is 5.91 Å². The summed E-state index contributed by atoms with van der Waals surface area (Å²) in [6.45, 7) is -0.733. The van der Waals surface area contributed by atoms with E-state index in [4.69, 9.17) is 9.15 Å². The molecule has 42 heavy (non-hydrogen) atoms. The van der Waals surface area contributed by atoms with Gasteiger partial charge in [0.15, 0.2) is 17.1 Å². The number of fused-ring (bicyclic) bond motifs is 1. The minimum Gasteiger partial charge on any atom is -0.438 e. The standard InChI is InChI=1S/C26H28F6N6O4/c1-37-21(15(27)10-33-37)22(39)36-20(13-5-7-25(28,29)8-6-13)23-34-16-9-14(3-4-18(16)42-23)17(12-41-2)38-11-19(26(30,31)32)35-24(38)40/h3-4,9-10,13,17,19-20H,5-8,11-12H2,1-2H3,(H,35,40)(H,36,39)/t17-,19+,20+/m1/s1. The Balaban J connectivity index is 1.46. The number of rotatable bonds is 8. The first-order valence-corrected chi connectivity index (χ1v) is 13.2. The van der Waals surface area contributed by atoms with Crippen molar-refractivity contribution in [3.05, 3.63) is 47.4 Å². The zero-order chi connectivity index (χ0) is 30.4. The summed E-state index contributed by atoms with van der Waals surface area (Å²) in [5.41, 5.74) is 0.554. The first-order valence-electron chi connectivity index (χ1n) is 13.2. The summed E-state index contributed by atoms with van der Waals surface area (Å²) in [6, 6.07) is -0.249. The van der Waals surface area contributed by atoms with Crippen LogP contribution in [0.5, 0.6) is 0 Å². The molecule has 0 unspecified atom stereocenters. The van der Waals surface area contributed by atoms with E-state index >= 15 is 0 Å². The number of nitrogens with zero attached hydrogens (tertiary/aromatic N) is 4. The summed E-state index contributed by atoms with van der Waals surface area (Å²) in [5.74, 6) is -5.07. The van der Waals surface area contributed by atoms with Crippen molar-refractivity contribution in [3.8, 4) is 0 Å². The van der Waals surface area contributed by atoms with Crippen molar-refractivity contribution in [3.63, 3.8) is 0 Å². The Morgan fingerprint density at radius 1 is 1.29 bits per heavy atom. The van der Waals surface area contributed by atoms with Gasteiger partial charge in [0, 0.05) is 27.0 Å². The summed E-state index contributed by atoms with van der Waals surface area (Å²) in [4.78, 5) is 31.0. The van der Waals surface area contributed by atoms with E-state index in [1.807, 2.05) is 5.32 Å². The largest absolute Gasteiger partial charge is 0.438 e. The monoisotopic (exact) mass is 602 g/mol. The number of aryl methyl sites for hydroxylation is 1. The third-order valence-corrected chi connectivity index (χ3v) is 7.74. The van der Waals surface area contributed by atoms with E-state index in [9.17, 15) is 35.9 Å². The number of halogens is 6. The molecule has 16 heteroatoms. The van der Waals surface area contributed by atoms with E-state index in [1.165, 1.54) is 26.3 Å². The van der Waals surface area contributed by atoms with Crippen molar-refractivity contribution in [2.45, 2.75) is 55.9 Å². The Morgan fingerprint density at radius 2 is 2.00 bits per heavy atom. The van der Waals surface area contributed by atoms with Crippen LogP contribution >= 0.6 is 0 Å². The highest BCUT2D eigenvalue weighted by Crippen LogP contribution is 2.42. The molecular formula is C26H28F6N6O4. The number of hydrogen-bond donors (Lipinski definition) is 2. The van der Waals surface area contributed by atoms with Crippen molar-refractivity contribution in [2.24, 2.45) is 13.0 Å². The summed E-state index contributed by atoms with van der Waals surface area (Å²) in [7, 11) is 2.73.